The predicted octanol–water partition coefficient (Wildman–Crippen LogP) is 2.73. The van der Waals surface area contributed by atoms with Crippen molar-refractivity contribution in [3.05, 3.63) is 60.0 Å². The SMILES string of the molecule is Cc1ccc(S(=O)(=O)N2CC(Cc3nccc4cc[nH]c34)C2)cc1. The summed E-state index contributed by atoms with van der Waals surface area (Å²) in [5, 5.41) is 1.14. The van der Waals surface area contributed by atoms with E-state index in [4.69, 9.17) is 0 Å². The first kappa shape index (κ1) is 15.4. The van der Waals surface area contributed by atoms with E-state index in [0.29, 0.717) is 23.9 Å². The molecular weight excluding hydrogens is 322 g/mol. The third-order valence-corrected chi connectivity index (χ3v) is 6.46. The number of rotatable bonds is 4. The van der Waals surface area contributed by atoms with Gasteiger partial charge in [-0.15, -0.1) is 0 Å². The highest BCUT2D eigenvalue weighted by Crippen LogP contribution is 2.28. The highest BCUT2D eigenvalue weighted by atomic mass is 32.2. The quantitative estimate of drug-likeness (QED) is 0.793. The second kappa shape index (κ2) is 5.72. The zero-order chi connectivity index (χ0) is 16.7. The number of fused-ring (bicyclic) bond motifs is 1. The second-order valence-electron chi connectivity index (χ2n) is 6.40. The summed E-state index contributed by atoms with van der Waals surface area (Å²) in [4.78, 5) is 8.05. The summed E-state index contributed by atoms with van der Waals surface area (Å²) in [5.41, 5.74) is 3.12. The number of sulfonamides is 1. The van der Waals surface area contributed by atoms with Gasteiger partial charge >= 0.3 is 0 Å². The molecule has 0 unspecified atom stereocenters. The summed E-state index contributed by atoms with van der Waals surface area (Å²) >= 11 is 0. The van der Waals surface area contributed by atoms with E-state index in [-0.39, 0.29) is 0 Å². The van der Waals surface area contributed by atoms with Gasteiger partial charge in [0.15, 0.2) is 0 Å². The average Bonchev–Trinajstić information content (AvgIpc) is 3.00. The molecule has 0 radical (unpaired) electrons. The summed E-state index contributed by atoms with van der Waals surface area (Å²) in [6.45, 7) is 3.05. The lowest BCUT2D eigenvalue weighted by atomic mass is 9.96. The minimum Gasteiger partial charge on any atom is -0.360 e. The van der Waals surface area contributed by atoms with Crippen molar-refractivity contribution in [2.45, 2.75) is 18.2 Å². The van der Waals surface area contributed by atoms with Crippen LogP contribution in [0.15, 0.2) is 53.7 Å². The van der Waals surface area contributed by atoms with E-state index in [1.165, 1.54) is 0 Å². The lowest BCUT2D eigenvalue weighted by Gasteiger charge is -2.38. The number of pyridine rings is 1. The maximum atomic E-state index is 12.6. The van der Waals surface area contributed by atoms with Crippen molar-refractivity contribution >= 4 is 20.9 Å². The summed E-state index contributed by atoms with van der Waals surface area (Å²) in [6, 6.07) is 11.0. The van der Waals surface area contributed by atoms with Crippen LogP contribution >= 0.6 is 0 Å². The smallest absolute Gasteiger partial charge is 0.243 e. The maximum Gasteiger partial charge on any atom is 0.243 e. The summed E-state index contributed by atoms with van der Waals surface area (Å²) in [5.74, 6) is 0.312. The number of aromatic amines is 1. The largest absolute Gasteiger partial charge is 0.360 e. The number of H-pyrrole nitrogens is 1. The van der Waals surface area contributed by atoms with Crippen molar-refractivity contribution in [1.29, 1.82) is 0 Å². The Bertz CT molecular complexity index is 971. The highest BCUT2D eigenvalue weighted by molar-refractivity contribution is 7.89. The van der Waals surface area contributed by atoms with Crippen LogP contribution in [0, 0.1) is 12.8 Å². The molecule has 0 aliphatic carbocycles. The molecule has 1 aromatic carbocycles. The number of aryl methyl sites for hydroxylation is 1. The van der Waals surface area contributed by atoms with Gasteiger partial charge < -0.3 is 4.98 Å². The minimum absolute atomic E-state index is 0.312. The van der Waals surface area contributed by atoms with Crippen LogP contribution in [0.2, 0.25) is 0 Å². The first-order valence-corrected chi connectivity index (χ1v) is 9.46. The molecule has 1 aliphatic heterocycles. The van der Waals surface area contributed by atoms with Crippen LogP contribution in [-0.4, -0.2) is 35.8 Å². The number of aromatic nitrogens is 2. The van der Waals surface area contributed by atoms with Crippen molar-refractivity contribution in [1.82, 2.24) is 14.3 Å². The van der Waals surface area contributed by atoms with E-state index >= 15 is 0 Å². The van der Waals surface area contributed by atoms with Crippen LogP contribution in [0.25, 0.3) is 10.9 Å². The van der Waals surface area contributed by atoms with E-state index in [9.17, 15) is 8.42 Å². The van der Waals surface area contributed by atoms with E-state index in [0.717, 1.165) is 28.6 Å². The fourth-order valence-electron chi connectivity index (χ4n) is 3.18. The maximum absolute atomic E-state index is 12.6. The van der Waals surface area contributed by atoms with Crippen LogP contribution in [0.3, 0.4) is 0 Å². The number of hydrogen-bond donors (Lipinski definition) is 1. The molecule has 0 amide bonds. The summed E-state index contributed by atoms with van der Waals surface area (Å²) in [7, 11) is -3.37. The molecule has 0 saturated carbocycles. The van der Waals surface area contributed by atoms with Crippen molar-refractivity contribution in [2.24, 2.45) is 5.92 Å². The van der Waals surface area contributed by atoms with Gasteiger partial charge in [-0.1, -0.05) is 17.7 Å². The second-order valence-corrected chi connectivity index (χ2v) is 8.34. The Morgan fingerprint density at radius 1 is 1.17 bits per heavy atom. The van der Waals surface area contributed by atoms with Gasteiger partial charge in [-0.2, -0.15) is 4.31 Å². The minimum atomic E-state index is -3.37. The zero-order valence-electron chi connectivity index (χ0n) is 13.4. The molecule has 3 aromatic rings. The van der Waals surface area contributed by atoms with Crippen molar-refractivity contribution in [3.8, 4) is 0 Å². The van der Waals surface area contributed by atoms with Crippen LogP contribution in [0.1, 0.15) is 11.3 Å². The lowest BCUT2D eigenvalue weighted by Crippen LogP contribution is -2.50. The number of hydrogen-bond acceptors (Lipinski definition) is 3. The molecule has 2 aromatic heterocycles. The van der Waals surface area contributed by atoms with E-state index in [1.54, 1.807) is 16.4 Å². The third kappa shape index (κ3) is 2.61. The Morgan fingerprint density at radius 2 is 1.92 bits per heavy atom. The van der Waals surface area contributed by atoms with Gasteiger partial charge in [0, 0.05) is 30.9 Å². The third-order valence-electron chi connectivity index (χ3n) is 4.62. The van der Waals surface area contributed by atoms with Gasteiger partial charge in [-0.3, -0.25) is 4.98 Å². The Kier molecular flexibility index (Phi) is 3.66. The molecule has 4 rings (SSSR count). The normalized spacial score (nSPS) is 16.4. The molecule has 6 heteroatoms. The van der Waals surface area contributed by atoms with Crippen LogP contribution < -0.4 is 0 Å². The van der Waals surface area contributed by atoms with Gasteiger partial charge in [0.1, 0.15) is 0 Å². The van der Waals surface area contributed by atoms with E-state index in [1.807, 2.05) is 43.6 Å². The predicted molar refractivity (Wildman–Crippen MR) is 93.2 cm³/mol. The Labute approximate surface area is 141 Å². The van der Waals surface area contributed by atoms with Crippen molar-refractivity contribution in [2.75, 3.05) is 13.1 Å². The number of nitrogens with zero attached hydrogens (tertiary/aromatic N) is 2. The van der Waals surface area contributed by atoms with E-state index < -0.39 is 10.0 Å². The van der Waals surface area contributed by atoms with E-state index in [2.05, 4.69) is 9.97 Å². The fraction of sp³-hybridized carbons (Fsp3) is 0.278. The molecular formula is C18H19N3O2S. The van der Waals surface area contributed by atoms with Crippen molar-refractivity contribution < 1.29 is 8.42 Å². The molecule has 0 atom stereocenters. The number of benzene rings is 1. The molecule has 124 valence electrons. The zero-order valence-corrected chi connectivity index (χ0v) is 14.3. The topological polar surface area (TPSA) is 66.1 Å². The average molecular weight is 341 g/mol. The van der Waals surface area contributed by atoms with Crippen LogP contribution in [0.5, 0.6) is 0 Å². The molecule has 0 spiro atoms. The van der Waals surface area contributed by atoms with Crippen LogP contribution in [0.4, 0.5) is 0 Å². The lowest BCUT2D eigenvalue weighted by molar-refractivity contribution is 0.199. The first-order chi connectivity index (χ1) is 11.5. The molecule has 1 N–H and O–H groups in total. The Morgan fingerprint density at radius 3 is 2.67 bits per heavy atom. The Hall–Kier alpha value is -2.18. The highest BCUT2D eigenvalue weighted by Gasteiger charge is 2.36. The van der Waals surface area contributed by atoms with Gasteiger partial charge in [-0.25, -0.2) is 8.42 Å². The Balaban J connectivity index is 1.46. The fourth-order valence-corrected chi connectivity index (χ4v) is 4.77. The molecule has 1 aliphatic rings. The van der Waals surface area contributed by atoms with Crippen LogP contribution in [-0.2, 0) is 16.4 Å². The van der Waals surface area contributed by atoms with Gasteiger partial charge in [-0.05, 0) is 43.5 Å². The standard InChI is InChI=1S/C18H19N3O2S/c1-13-2-4-16(5-3-13)24(22,23)21-11-14(12-21)10-17-18-15(6-8-19-17)7-9-20-18/h2-9,14,20H,10-12H2,1H3. The molecule has 1 fully saturated rings. The monoisotopic (exact) mass is 341 g/mol. The molecule has 5 nitrogen and oxygen atoms in total. The van der Waals surface area contributed by atoms with Gasteiger partial charge in [0.05, 0.1) is 16.1 Å². The number of nitrogens with one attached hydrogen (secondary N) is 1. The molecule has 24 heavy (non-hydrogen) atoms. The molecule has 0 bridgehead atoms. The molecule has 3 heterocycles. The molecule has 1 saturated heterocycles. The van der Waals surface area contributed by atoms with Gasteiger partial charge in [0.25, 0.3) is 0 Å². The summed E-state index contributed by atoms with van der Waals surface area (Å²) in [6.07, 6.45) is 4.51. The summed E-state index contributed by atoms with van der Waals surface area (Å²) < 4.78 is 26.8. The van der Waals surface area contributed by atoms with Gasteiger partial charge in [0.2, 0.25) is 10.0 Å². The first-order valence-electron chi connectivity index (χ1n) is 8.02. The van der Waals surface area contributed by atoms with Crippen molar-refractivity contribution in [3.63, 3.8) is 0 Å².